The summed E-state index contributed by atoms with van der Waals surface area (Å²) in [6.07, 6.45) is 0. The van der Waals surface area contributed by atoms with Crippen molar-refractivity contribution in [1.82, 2.24) is 4.98 Å². The number of hydrogen-bond donors (Lipinski definition) is 1. The smallest absolute Gasteiger partial charge is 0.356 e. The molecule has 0 bridgehead atoms. The van der Waals surface area contributed by atoms with Crippen molar-refractivity contribution in [2.24, 2.45) is 0 Å². The van der Waals surface area contributed by atoms with Gasteiger partial charge >= 0.3 is 5.97 Å². The maximum absolute atomic E-state index is 13.2. The lowest BCUT2D eigenvalue weighted by molar-refractivity contribution is 0.0593. The van der Waals surface area contributed by atoms with Gasteiger partial charge in [-0.1, -0.05) is 6.07 Å². The Kier molecular flexibility index (Phi) is 3.84. The number of aryl methyl sites for hydroxylation is 1. The fourth-order valence-electron chi connectivity index (χ4n) is 1.54. The normalized spacial score (nSPS) is 10.2. The maximum atomic E-state index is 13.2. The van der Waals surface area contributed by atoms with Crippen molar-refractivity contribution in [3.8, 4) is 11.6 Å². The number of benzene rings is 1. The van der Waals surface area contributed by atoms with Gasteiger partial charge in [-0.3, -0.25) is 0 Å². The number of nitrogens with zero attached hydrogens (tertiary/aromatic N) is 1. The van der Waals surface area contributed by atoms with Crippen molar-refractivity contribution >= 4 is 11.7 Å². The number of nitrogen functional groups attached to an aromatic ring is 1. The summed E-state index contributed by atoms with van der Waals surface area (Å²) >= 11 is 0. The van der Waals surface area contributed by atoms with Gasteiger partial charge in [0.1, 0.15) is 11.6 Å². The molecule has 6 heteroatoms. The molecule has 0 unspecified atom stereocenters. The molecule has 0 fully saturated rings. The monoisotopic (exact) mass is 276 g/mol. The first-order valence-corrected chi connectivity index (χ1v) is 5.80. The fraction of sp³-hybridized carbons (Fsp3) is 0.143. The summed E-state index contributed by atoms with van der Waals surface area (Å²) in [5.74, 6) is -0.730. The zero-order valence-electron chi connectivity index (χ0n) is 11.0. The molecule has 0 amide bonds. The van der Waals surface area contributed by atoms with Gasteiger partial charge < -0.3 is 15.2 Å². The van der Waals surface area contributed by atoms with E-state index in [1.54, 1.807) is 13.0 Å². The first kappa shape index (κ1) is 13.8. The van der Waals surface area contributed by atoms with Gasteiger partial charge in [-0.05, 0) is 30.7 Å². The minimum Gasteiger partial charge on any atom is -0.464 e. The van der Waals surface area contributed by atoms with Crippen LogP contribution in [0.3, 0.4) is 0 Å². The predicted octanol–water partition coefficient (Wildman–Crippen LogP) is 2.69. The Morgan fingerprint density at radius 3 is 2.75 bits per heavy atom. The zero-order chi connectivity index (χ0) is 14.7. The number of halogens is 1. The Bertz CT molecular complexity index is 659. The molecule has 2 aromatic rings. The molecule has 0 saturated carbocycles. The molecule has 0 aliphatic heterocycles. The molecule has 0 atom stereocenters. The highest BCUT2D eigenvalue weighted by atomic mass is 19.1. The van der Waals surface area contributed by atoms with Gasteiger partial charge in [-0.25, -0.2) is 14.2 Å². The number of carbonyl (C=O) groups is 1. The lowest BCUT2D eigenvalue weighted by Crippen LogP contribution is -2.06. The van der Waals surface area contributed by atoms with Gasteiger partial charge in [-0.2, -0.15) is 0 Å². The van der Waals surface area contributed by atoms with Gasteiger partial charge in [0.05, 0.1) is 12.8 Å². The highest BCUT2D eigenvalue weighted by Crippen LogP contribution is 2.28. The van der Waals surface area contributed by atoms with E-state index < -0.39 is 11.8 Å². The molecule has 0 radical (unpaired) electrons. The lowest BCUT2D eigenvalue weighted by Gasteiger charge is -2.10. The highest BCUT2D eigenvalue weighted by Gasteiger charge is 2.13. The predicted molar refractivity (Wildman–Crippen MR) is 71.2 cm³/mol. The van der Waals surface area contributed by atoms with Crippen molar-refractivity contribution in [2.75, 3.05) is 12.8 Å². The number of anilines is 1. The summed E-state index contributed by atoms with van der Waals surface area (Å²) in [6.45, 7) is 1.76. The lowest BCUT2D eigenvalue weighted by atomic mass is 10.2. The molecule has 1 aromatic heterocycles. The summed E-state index contributed by atoms with van der Waals surface area (Å²) in [5.41, 5.74) is 6.75. The molecule has 2 N–H and O–H groups in total. The number of ether oxygens (including phenoxy) is 2. The van der Waals surface area contributed by atoms with E-state index in [2.05, 4.69) is 9.72 Å². The molecule has 1 heterocycles. The Morgan fingerprint density at radius 2 is 2.05 bits per heavy atom. The van der Waals surface area contributed by atoms with E-state index in [0.29, 0.717) is 0 Å². The standard InChI is InChI=1S/C14H13FN2O3/c1-8-3-4-9(15)7-12(8)20-13-10(16)5-6-11(17-13)14(18)19-2/h3-7H,16H2,1-2H3. The van der Waals surface area contributed by atoms with Crippen LogP contribution in [0.4, 0.5) is 10.1 Å². The number of nitrogens with two attached hydrogens (primary N) is 1. The molecule has 0 spiro atoms. The van der Waals surface area contributed by atoms with E-state index in [9.17, 15) is 9.18 Å². The molecular formula is C14H13FN2O3. The topological polar surface area (TPSA) is 74.4 Å². The van der Waals surface area contributed by atoms with Crippen molar-refractivity contribution in [3.63, 3.8) is 0 Å². The van der Waals surface area contributed by atoms with Crippen LogP contribution in [-0.4, -0.2) is 18.1 Å². The molecule has 104 valence electrons. The van der Waals surface area contributed by atoms with Crippen LogP contribution >= 0.6 is 0 Å². The number of pyridine rings is 1. The summed E-state index contributed by atoms with van der Waals surface area (Å²) < 4.78 is 23.2. The van der Waals surface area contributed by atoms with Crippen LogP contribution in [0.5, 0.6) is 11.6 Å². The van der Waals surface area contributed by atoms with Gasteiger partial charge in [0.15, 0.2) is 5.69 Å². The molecule has 0 saturated heterocycles. The quantitative estimate of drug-likeness (QED) is 0.872. The van der Waals surface area contributed by atoms with E-state index in [0.717, 1.165) is 5.56 Å². The largest absolute Gasteiger partial charge is 0.464 e. The second kappa shape index (κ2) is 5.56. The van der Waals surface area contributed by atoms with E-state index in [1.807, 2.05) is 0 Å². The second-order valence-corrected chi connectivity index (χ2v) is 4.09. The van der Waals surface area contributed by atoms with Crippen LogP contribution in [0.15, 0.2) is 30.3 Å². The Hall–Kier alpha value is -2.63. The molecule has 0 aliphatic carbocycles. The first-order valence-electron chi connectivity index (χ1n) is 5.80. The van der Waals surface area contributed by atoms with E-state index >= 15 is 0 Å². The van der Waals surface area contributed by atoms with Gasteiger partial charge in [0, 0.05) is 6.07 Å². The number of rotatable bonds is 3. The third-order valence-corrected chi connectivity index (χ3v) is 2.64. The maximum Gasteiger partial charge on any atom is 0.356 e. The van der Waals surface area contributed by atoms with Crippen LogP contribution in [0, 0.1) is 12.7 Å². The van der Waals surface area contributed by atoms with Crippen LogP contribution in [0.25, 0.3) is 0 Å². The molecular weight excluding hydrogens is 263 g/mol. The van der Waals surface area contributed by atoms with Crippen molar-refractivity contribution < 1.29 is 18.7 Å². The number of methoxy groups -OCH3 is 1. The third-order valence-electron chi connectivity index (χ3n) is 2.64. The van der Waals surface area contributed by atoms with E-state index in [4.69, 9.17) is 10.5 Å². The number of hydrogen-bond acceptors (Lipinski definition) is 5. The number of carbonyl (C=O) groups excluding carboxylic acids is 1. The van der Waals surface area contributed by atoms with Gasteiger partial charge in [0.2, 0.25) is 5.88 Å². The van der Waals surface area contributed by atoms with Crippen LogP contribution in [-0.2, 0) is 4.74 Å². The minimum absolute atomic E-state index is 0.0293. The van der Waals surface area contributed by atoms with Gasteiger partial charge in [-0.15, -0.1) is 0 Å². The SMILES string of the molecule is COC(=O)c1ccc(N)c(Oc2cc(F)ccc2C)n1. The molecule has 2 rings (SSSR count). The average Bonchev–Trinajstić information content (AvgIpc) is 2.44. The summed E-state index contributed by atoms with van der Waals surface area (Å²) in [7, 11) is 1.25. The molecule has 0 aliphatic rings. The Morgan fingerprint density at radius 1 is 1.30 bits per heavy atom. The molecule has 20 heavy (non-hydrogen) atoms. The zero-order valence-corrected chi connectivity index (χ0v) is 11.0. The summed E-state index contributed by atoms with van der Waals surface area (Å²) in [6, 6.07) is 7.02. The Balaban J connectivity index is 2.37. The highest BCUT2D eigenvalue weighted by molar-refractivity contribution is 5.87. The average molecular weight is 276 g/mol. The van der Waals surface area contributed by atoms with Crippen LogP contribution in [0.1, 0.15) is 16.1 Å². The van der Waals surface area contributed by atoms with E-state index in [-0.39, 0.29) is 23.0 Å². The van der Waals surface area contributed by atoms with Crippen molar-refractivity contribution in [2.45, 2.75) is 6.92 Å². The van der Waals surface area contributed by atoms with Crippen LogP contribution in [0.2, 0.25) is 0 Å². The number of aromatic nitrogens is 1. The minimum atomic E-state index is -0.606. The van der Waals surface area contributed by atoms with Crippen molar-refractivity contribution in [3.05, 3.63) is 47.4 Å². The summed E-state index contributed by atoms with van der Waals surface area (Å²) in [4.78, 5) is 15.4. The fourth-order valence-corrected chi connectivity index (χ4v) is 1.54. The third kappa shape index (κ3) is 2.85. The molecule has 1 aromatic carbocycles. The summed E-state index contributed by atoms with van der Waals surface area (Å²) in [5, 5.41) is 0. The van der Waals surface area contributed by atoms with Crippen molar-refractivity contribution in [1.29, 1.82) is 0 Å². The van der Waals surface area contributed by atoms with Crippen LogP contribution < -0.4 is 10.5 Å². The first-order chi connectivity index (χ1) is 9.51. The second-order valence-electron chi connectivity index (χ2n) is 4.09. The molecule has 5 nitrogen and oxygen atoms in total. The number of esters is 1. The van der Waals surface area contributed by atoms with E-state index in [1.165, 1.54) is 31.4 Å². The Labute approximate surface area is 115 Å². The van der Waals surface area contributed by atoms with Gasteiger partial charge in [0.25, 0.3) is 0 Å².